The number of halogens is 2. The maximum Gasteiger partial charge on any atom is 0.242 e. The van der Waals surface area contributed by atoms with Crippen LogP contribution in [0, 0.1) is 12.8 Å². The first-order valence-corrected chi connectivity index (χ1v) is 5.64. The van der Waals surface area contributed by atoms with Crippen LogP contribution < -0.4 is 0 Å². The van der Waals surface area contributed by atoms with Crippen molar-refractivity contribution in [3.05, 3.63) is 18.0 Å². The molecule has 2 heterocycles. The van der Waals surface area contributed by atoms with Crippen molar-refractivity contribution >= 4 is 0 Å². The normalized spacial score (nSPS) is 22.1. The number of alkyl halides is 2. The number of aryl methyl sites for hydroxylation is 1. The summed E-state index contributed by atoms with van der Waals surface area (Å²) < 4.78 is 26.7. The van der Waals surface area contributed by atoms with E-state index in [1.807, 2.05) is 24.0 Å². The molecule has 0 aliphatic carbocycles. The number of hydrogen-bond acceptors (Lipinski definition) is 2. The Labute approximate surface area is 94.0 Å². The van der Waals surface area contributed by atoms with E-state index in [1.165, 1.54) is 0 Å². The molecule has 0 N–H and O–H groups in total. The standard InChI is InChI=1S/C11H17F2N3/c1-9-6-14-16(7-9)5-4-15-3-2-10(8-15)11(12)13/h6-7,10-11H,2-5,8H2,1H3. The number of hydrogen-bond donors (Lipinski definition) is 0. The van der Waals surface area contributed by atoms with Gasteiger partial charge < -0.3 is 4.90 Å². The predicted molar refractivity (Wildman–Crippen MR) is 57.5 cm³/mol. The SMILES string of the molecule is Cc1cnn(CCN2CCC(C(F)F)C2)c1. The van der Waals surface area contributed by atoms with Gasteiger partial charge in [0.15, 0.2) is 0 Å². The van der Waals surface area contributed by atoms with E-state index in [2.05, 4.69) is 10.00 Å². The molecule has 1 aromatic rings. The van der Waals surface area contributed by atoms with Crippen molar-refractivity contribution in [1.29, 1.82) is 0 Å². The molecule has 1 atom stereocenters. The molecule has 1 unspecified atom stereocenters. The zero-order valence-electron chi connectivity index (χ0n) is 9.44. The average Bonchev–Trinajstić information content (AvgIpc) is 2.83. The summed E-state index contributed by atoms with van der Waals surface area (Å²) in [6, 6.07) is 0. The Kier molecular flexibility index (Phi) is 3.53. The predicted octanol–water partition coefficient (Wildman–Crippen LogP) is 1.78. The molecular weight excluding hydrogens is 212 g/mol. The molecule has 0 radical (unpaired) electrons. The lowest BCUT2D eigenvalue weighted by Crippen LogP contribution is -2.26. The first-order chi connectivity index (χ1) is 7.65. The second-order valence-corrected chi connectivity index (χ2v) is 4.46. The van der Waals surface area contributed by atoms with E-state index in [1.54, 1.807) is 0 Å². The number of rotatable bonds is 4. The van der Waals surface area contributed by atoms with Crippen LogP contribution in [0.3, 0.4) is 0 Å². The Morgan fingerprint density at radius 3 is 2.88 bits per heavy atom. The zero-order valence-corrected chi connectivity index (χ0v) is 9.44. The van der Waals surface area contributed by atoms with E-state index < -0.39 is 12.3 Å². The van der Waals surface area contributed by atoms with Crippen LogP contribution in [0.2, 0.25) is 0 Å². The Balaban J connectivity index is 1.75. The van der Waals surface area contributed by atoms with E-state index in [4.69, 9.17) is 0 Å². The quantitative estimate of drug-likeness (QED) is 0.784. The lowest BCUT2D eigenvalue weighted by Gasteiger charge is -2.15. The molecule has 1 saturated heterocycles. The maximum atomic E-state index is 12.4. The van der Waals surface area contributed by atoms with Crippen LogP contribution in [0.4, 0.5) is 8.78 Å². The van der Waals surface area contributed by atoms with Crippen molar-refractivity contribution in [2.75, 3.05) is 19.6 Å². The summed E-state index contributed by atoms with van der Waals surface area (Å²) in [6.45, 7) is 4.90. The fourth-order valence-electron chi connectivity index (χ4n) is 2.10. The number of likely N-dealkylation sites (tertiary alicyclic amines) is 1. The highest BCUT2D eigenvalue weighted by Gasteiger charge is 2.28. The van der Waals surface area contributed by atoms with Gasteiger partial charge in [-0.1, -0.05) is 0 Å². The van der Waals surface area contributed by atoms with Crippen LogP contribution in [0.5, 0.6) is 0 Å². The van der Waals surface area contributed by atoms with Crippen LogP contribution in [0.25, 0.3) is 0 Å². The van der Waals surface area contributed by atoms with Gasteiger partial charge in [-0.3, -0.25) is 4.68 Å². The second-order valence-electron chi connectivity index (χ2n) is 4.46. The molecule has 16 heavy (non-hydrogen) atoms. The second kappa shape index (κ2) is 4.91. The Hall–Kier alpha value is -0.970. The van der Waals surface area contributed by atoms with Crippen molar-refractivity contribution in [1.82, 2.24) is 14.7 Å². The zero-order chi connectivity index (χ0) is 11.5. The number of aromatic nitrogens is 2. The first-order valence-electron chi connectivity index (χ1n) is 5.64. The lowest BCUT2D eigenvalue weighted by atomic mass is 10.1. The summed E-state index contributed by atoms with van der Waals surface area (Å²) in [5.41, 5.74) is 1.13. The summed E-state index contributed by atoms with van der Waals surface area (Å²) in [7, 11) is 0. The molecule has 0 amide bonds. The van der Waals surface area contributed by atoms with Crippen LogP contribution >= 0.6 is 0 Å². The Bertz CT molecular complexity index is 338. The van der Waals surface area contributed by atoms with E-state index in [9.17, 15) is 8.78 Å². The third-order valence-electron chi connectivity index (χ3n) is 3.07. The minimum Gasteiger partial charge on any atom is -0.301 e. The maximum absolute atomic E-state index is 12.4. The van der Waals surface area contributed by atoms with Gasteiger partial charge in [0.1, 0.15) is 0 Å². The van der Waals surface area contributed by atoms with E-state index in [-0.39, 0.29) is 0 Å². The van der Waals surface area contributed by atoms with Crippen LogP contribution in [0.1, 0.15) is 12.0 Å². The van der Waals surface area contributed by atoms with Gasteiger partial charge in [0.2, 0.25) is 6.43 Å². The van der Waals surface area contributed by atoms with Crippen molar-refractivity contribution in [3.63, 3.8) is 0 Å². The van der Waals surface area contributed by atoms with Gasteiger partial charge in [-0.2, -0.15) is 5.10 Å². The van der Waals surface area contributed by atoms with Crippen LogP contribution in [0.15, 0.2) is 12.4 Å². The molecule has 1 aromatic heterocycles. The van der Waals surface area contributed by atoms with Crippen molar-refractivity contribution in [2.24, 2.45) is 5.92 Å². The van der Waals surface area contributed by atoms with Gasteiger partial charge in [0.25, 0.3) is 0 Å². The van der Waals surface area contributed by atoms with Crippen LogP contribution in [-0.2, 0) is 6.54 Å². The summed E-state index contributed by atoms with van der Waals surface area (Å²) in [5.74, 6) is -0.431. The lowest BCUT2D eigenvalue weighted by molar-refractivity contribution is 0.0805. The monoisotopic (exact) mass is 229 g/mol. The fraction of sp³-hybridized carbons (Fsp3) is 0.727. The van der Waals surface area contributed by atoms with Gasteiger partial charge in [0.05, 0.1) is 12.7 Å². The van der Waals surface area contributed by atoms with Crippen molar-refractivity contribution < 1.29 is 8.78 Å². The third kappa shape index (κ3) is 2.78. The Morgan fingerprint density at radius 2 is 2.31 bits per heavy atom. The molecule has 1 aliphatic heterocycles. The van der Waals surface area contributed by atoms with E-state index in [0.29, 0.717) is 13.0 Å². The van der Waals surface area contributed by atoms with E-state index >= 15 is 0 Å². The highest BCUT2D eigenvalue weighted by molar-refractivity contribution is 4.99. The molecule has 2 rings (SSSR count). The first kappa shape index (κ1) is 11.5. The highest BCUT2D eigenvalue weighted by atomic mass is 19.3. The number of nitrogens with zero attached hydrogens (tertiary/aromatic N) is 3. The average molecular weight is 229 g/mol. The molecule has 1 aliphatic rings. The van der Waals surface area contributed by atoms with Gasteiger partial charge >= 0.3 is 0 Å². The van der Waals surface area contributed by atoms with Gasteiger partial charge in [0, 0.05) is 25.2 Å². The van der Waals surface area contributed by atoms with Gasteiger partial charge in [-0.05, 0) is 25.5 Å². The molecule has 0 bridgehead atoms. The fourth-order valence-corrected chi connectivity index (χ4v) is 2.10. The Morgan fingerprint density at radius 1 is 1.50 bits per heavy atom. The summed E-state index contributed by atoms with van der Waals surface area (Å²) in [4.78, 5) is 2.09. The van der Waals surface area contributed by atoms with Crippen molar-refractivity contribution in [3.8, 4) is 0 Å². The summed E-state index contributed by atoms with van der Waals surface area (Å²) in [6.07, 6.45) is 2.24. The minimum absolute atomic E-state index is 0.431. The third-order valence-corrected chi connectivity index (χ3v) is 3.07. The molecule has 0 spiro atoms. The molecule has 90 valence electrons. The largest absolute Gasteiger partial charge is 0.301 e. The van der Waals surface area contributed by atoms with Crippen LogP contribution in [-0.4, -0.2) is 40.7 Å². The van der Waals surface area contributed by atoms with Crippen molar-refractivity contribution in [2.45, 2.75) is 26.3 Å². The summed E-state index contributed by atoms with van der Waals surface area (Å²) >= 11 is 0. The molecule has 0 saturated carbocycles. The molecule has 1 fully saturated rings. The van der Waals surface area contributed by atoms with E-state index in [0.717, 1.165) is 25.2 Å². The molecule has 5 heteroatoms. The van der Waals surface area contributed by atoms with Gasteiger partial charge in [-0.15, -0.1) is 0 Å². The smallest absolute Gasteiger partial charge is 0.242 e. The minimum atomic E-state index is -2.17. The topological polar surface area (TPSA) is 21.1 Å². The molecular formula is C11H17F2N3. The molecule has 3 nitrogen and oxygen atoms in total. The summed E-state index contributed by atoms with van der Waals surface area (Å²) in [5, 5.41) is 4.17. The molecule has 0 aromatic carbocycles. The highest BCUT2D eigenvalue weighted by Crippen LogP contribution is 2.22. The van der Waals surface area contributed by atoms with Gasteiger partial charge in [-0.25, -0.2) is 8.78 Å².